The summed E-state index contributed by atoms with van der Waals surface area (Å²) in [5.41, 5.74) is 3.78. The van der Waals surface area contributed by atoms with Gasteiger partial charge in [0.25, 0.3) is 0 Å². The Morgan fingerprint density at radius 1 is 0.926 bits per heavy atom. The van der Waals surface area contributed by atoms with E-state index in [0.717, 1.165) is 42.4 Å². The molecule has 0 saturated heterocycles. The Bertz CT molecular complexity index is 855. The third-order valence-corrected chi connectivity index (χ3v) is 5.04. The zero-order valence-corrected chi connectivity index (χ0v) is 15.9. The van der Waals surface area contributed by atoms with E-state index in [0.29, 0.717) is 16.9 Å². The van der Waals surface area contributed by atoms with Gasteiger partial charge in [-0.15, -0.1) is 0 Å². The highest BCUT2D eigenvalue weighted by Gasteiger charge is 2.17. The zero-order chi connectivity index (χ0) is 19.2. The number of hydrogen-bond acceptors (Lipinski definition) is 3. The molecule has 0 aromatic heterocycles. The van der Waals surface area contributed by atoms with Gasteiger partial charge in [-0.25, -0.2) is 9.18 Å². The maximum absolute atomic E-state index is 14.6. The lowest BCUT2D eigenvalue weighted by Crippen LogP contribution is -2.04. The molecule has 0 heterocycles. The molecular formula is C23H25FO3. The number of benzene rings is 2. The van der Waals surface area contributed by atoms with Gasteiger partial charge in [0, 0.05) is 5.56 Å². The van der Waals surface area contributed by atoms with Crippen molar-refractivity contribution in [3.8, 4) is 16.9 Å². The minimum Gasteiger partial charge on any atom is -0.497 e. The van der Waals surface area contributed by atoms with E-state index in [-0.39, 0.29) is 11.8 Å². The smallest absolute Gasteiger partial charge is 0.337 e. The molecule has 1 aliphatic carbocycles. The van der Waals surface area contributed by atoms with Gasteiger partial charge in [0.1, 0.15) is 11.6 Å². The zero-order valence-electron chi connectivity index (χ0n) is 15.9. The summed E-state index contributed by atoms with van der Waals surface area (Å²) in [6.45, 7) is 0. The van der Waals surface area contributed by atoms with Crippen LogP contribution in [0.15, 0.2) is 42.5 Å². The van der Waals surface area contributed by atoms with Gasteiger partial charge in [-0.2, -0.15) is 0 Å². The Hall–Kier alpha value is -2.62. The number of carbonyl (C=O) groups excluding carboxylic acids is 1. The summed E-state index contributed by atoms with van der Waals surface area (Å²) in [5.74, 6) is -0.101. The van der Waals surface area contributed by atoms with Crippen LogP contribution < -0.4 is 4.74 Å². The molecule has 0 spiro atoms. The molecule has 3 rings (SSSR count). The van der Waals surface area contributed by atoms with Gasteiger partial charge in [0.2, 0.25) is 0 Å². The molecule has 0 aliphatic heterocycles. The first-order valence-corrected chi connectivity index (χ1v) is 9.39. The fourth-order valence-electron chi connectivity index (χ4n) is 3.56. The molecule has 1 aliphatic rings. The standard InChI is InChI=1S/C23H25FO3/c1-26-18-11-13-22(24)21(15-18)19-12-10-17(23(25)27-2)14-20(19)16-8-6-4-3-5-7-9-16/h8,10-15H,3-7,9H2,1-2H3/b16-8+. The number of halogens is 1. The van der Waals surface area contributed by atoms with Crippen LogP contribution in [0.2, 0.25) is 0 Å². The lowest BCUT2D eigenvalue weighted by Gasteiger charge is -2.18. The van der Waals surface area contributed by atoms with E-state index >= 15 is 0 Å². The molecule has 0 fully saturated rings. The lowest BCUT2D eigenvalue weighted by molar-refractivity contribution is 0.0600. The van der Waals surface area contributed by atoms with E-state index in [1.807, 2.05) is 6.07 Å². The molecule has 0 radical (unpaired) electrons. The summed E-state index contributed by atoms with van der Waals surface area (Å²) in [4.78, 5) is 12.1. The second-order valence-electron chi connectivity index (χ2n) is 6.78. The monoisotopic (exact) mass is 368 g/mol. The van der Waals surface area contributed by atoms with Crippen LogP contribution >= 0.6 is 0 Å². The molecule has 142 valence electrons. The van der Waals surface area contributed by atoms with E-state index in [1.165, 1.54) is 26.0 Å². The van der Waals surface area contributed by atoms with Crippen LogP contribution in [0.1, 0.15) is 54.4 Å². The Morgan fingerprint density at radius 2 is 1.74 bits per heavy atom. The summed E-state index contributed by atoms with van der Waals surface area (Å²) in [6, 6.07) is 10.0. The van der Waals surface area contributed by atoms with Crippen molar-refractivity contribution in [2.45, 2.75) is 38.5 Å². The number of allylic oxidation sites excluding steroid dienone is 2. The summed E-state index contributed by atoms with van der Waals surface area (Å²) in [7, 11) is 2.93. The fraction of sp³-hybridized carbons (Fsp3) is 0.348. The number of rotatable bonds is 4. The van der Waals surface area contributed by atoms with Crippen molar-refractivity contribution in [2.75, 3.05) is 14.2 Å². The van der Waals surface area contributed by atoms with Crippen LogP contribution in [-0.4, -0.2) is 20.2 Å². The fourth-order valence-corrected chi connectivity index (χ4v) is 3.56. The van der Waals surface area contributed by atoms with Crippen molar-refractivity contribution >= 4 is 11.5 Å². The first-order valence-electron chi connectivity index (χ1n) is 9.39. The Morgan fingerprint density at radius 3 is 2.52 bits per heavy atom. The number of methoxy groups -OCH3 is 2. The second-order valence-corrected chi connectivity index (χ2v) is 6.78. The highest BCUT2D eigenvalue weighted by Crippen LogP contribution is 2.36. The number of carbonyl (C=O) groups is 1. The number of ether oxygens (including phenoxy) is 2. The average molecular weight is 368 g/mol. The van der Waals surface area contributed by atoms with Gasteiger partial charge in [-0.05, 0) is 72.7 Å². The van der Waals surface area contributed by atoms with Crippen LogP contribution in [0.4, 0.5) is 4.39 Å². The summed E-state index contributed by atoms with van der Waals surface area (Å²) in [5, 5.41) is 0. The highest BCUT2D eigenvalue weighted by atomic mass is 19.1. The van der Waals surface area contributed by atoms with Gasteiger partial charge in [-0.3, -0.25) is 0 Å². The van der Waals surface area contributed by atoms with Crippen molar-refractivity contribution < 1.29 is 18.7 Å². The maximum Gasteiger partial charge on any atom is 0.337 e. The number of hydrogen-bond donors (Lipinski definition) is 0. The third kappa shape index (κ3) is 4.38. The summed E-state index contributed by atoms with van der Waals surface area (Å²) >= 11 is 0. The second kappa shape index (κ2) is 8.85. The van der Waals surface area contributed by atoms with E-state index in [1.54, 1.807) is 31.4 Å². The third-order valence-electron chi connectivity index (χ3n) is 5.04. The molecule has 0 amide bonds. The maximum atomic E-state index is 14.6. The molecule has 0 N–H and O–H groups in total. The molecule has 27 heavy (non-hydrogen) atoms. The predicted molar refractivity (Wildman–Crippen MR) is 105 cm³/mol. The van der Waals surface area contributed by atoms with E-state index < -0.39 is 0 Å². The molecule has 0 unspecified atom stereocenters. The molecular weight excluding hydrogens is 343 g/mol. The van der Waals surface area contributed by atoms with Crippen molar-refractivity contribution in [3.05, 3.63) is 59.4 Å². The van der Waals surface area contributed by atoms with Crippen molar-refractivity contribution in [2.24, 2.45) is 0 Å². The lowest BCUT2D eigenvalue weighted by atomic mass is 9.88. The first-order chi connectivity index (χ1) is 13.1. The van der Waals surface area contributed by atoms with Crippen LogP contribution in [0, 0.1) is 5.82 Å². The first kappa shape index (κ1) is 19.2. The minimum absolute atomic E-state index is 0.311. The Kier molecular flexibility index (Phi) is 6.28. The van der Waals surface area contributed by atoms with Gasteiger partial charge < -0.3 is 9.47 Å². The van der Waals surface area contributed by atoms with Crippen molar-refractivity contribution in [1.29, 1.82) is 0 Å². The number of esters is 1. The SMILES string of the molecule is COC(=O)c1ccc(-c2cc(OC)ccc2F)c(/C2=C/CCCCCC2)c1. The molecule has 0 saturated carbocycles. The highest BCUT2D eigenvalue weighted by molar-refractivity contribution is 5.93. The van der Waals surface area contributed by atoms with E-state index in [4.69, 9.17) is 9.47 Å². The van der Waals surface area contributed by atoms with Gasteiger partial charge in [0.05, 0.1) is 19.8 Å². The molecule has 2 aromatic carbocycles. The molecule has 0 bridgehead atoms. The van der Waals surface area contributed by atoms with Crippen LogP contribution in [0.5, 0.6) is 5.75 Å². The van der Waals surface area contributed by atoms with Crippen LogP contribution in [-0.2, 0) is 4.74 Å². The Labute approximate surface area is 159 Å². The van der Waals surface area contributed by atoms with Crippen molar-refractivity contribution in [1.82, 2.24) is 0 Å². The van der Waals surface area contributed by atoms with Crippen LogP contribution in [0.3, 0.4) is 0 Å². The molecule has 2 aromatic rings. The average Bonchev–Trinajstić information content (AvgIpc) is 2.67. The van der Waals surface area contributed by atoms with Crippen LogP contribution in [0.25, 0.3) is 16.7 Å². The van der Waals surface area contributed by atoms with Gasteiger partial charge in [0.15, 0.2) is 0 Å². The molecule has 0 atom stereocenters. The van der Waals surface area contributed by atoms with Gasteiger partial charge in [-0.1, -0.05) is 25.0 Å². The molecule has 3 nitrogen and oxygen atoms in total. The normalized spacial score (nSPS) is 16.6. The minimum atomic E-state index is -0.389. The van der Waals surface area contributed by atoms with E-state index in [2.05, 4.69) is 6.08 Å². The van der Waals surface area contributed by atoms with E-state index in [9.17, 15) is 9.18 Å². The summed E-state index contributed by atoms with van der Waals surface area (Å²) in [6.07, 6.45) is 8.83. The summed E-state index contributed by atoms with van der Waals surface area (Å²) < 4.78 is 24.8. The topological polar surface area (TPSA) is 35.5 Å². The van der Waals surface area contributed by atoms with Crippen molar-refractivity contribution in [3.63, 3.8) is 0 Å². The Balaban J connectivity index is 2.17. The quantitative estimate of drug-likeness (QED) is 0.619. The molecule has 4 heteroatoms. The van der Waals surface area contributed by atoms with Gasteiger partial charge >= 0.3 is 5.97 Å². The predicted octanol–water partition coefficient (Wildman–Crippen LogP) is 6.03. The largest absolute Gasteiger partial charge is 0.497 e.